The van der Waals surface area contributed by atoms with Gasteiger partial charge in [0.15, 0.2) is 0 Å². The fourth-order valence-corrected chi connectivity index (χ4v) is 5.53. The van der Waals surface area contributed by atoms with Crippen LogP contribution in [0.1, 0.15) is 80.4 Å². The Labute approximate surface area is 227 Å². The van der Waals surface area contributed by atoms with E-state index in [4.69, 9.17) is 4.98 Å². The Kier molecular flexibility index (Phi) is 8.44. The summed E-state index contributed by atoms with van der Waals surface area (Å²) < 4.78 is 2.15. The van der Waals surface area contributed by atoms with Gasteiger partial charge in [-0.3, -0.25) is 4.79 Å². The van der Waals surface area contributed by atoms with Crippen LogP contribution in [-0.4, -0.2) is 57.8 Å². The van der Waals surface area contributed by atoms with Crippen molar-refractivity contribution in [2.75, 3.05) is 32.7 Å². The van der Waals surface area contributed by atoms with Crippen molar-refractivity contribution in [2.45, 2.75) is 65.2 Å². The summed E-state index contributed by atoms with van der Waals surface area (Å²) in [5.74, 6) is 1.50. The fraction of sp³-hybridized carbons (Fsp3) is 0.531. The van der Waals surface area contributed by atoms with Crippen molar-refractivity contribution in [1.82, 2.24) is 19.2 Å². The van der Waals surface area contributed by atoms with Crippen LogP contribution in [0.25, 0.3) is 16.9 Å². The van der Waals surface area contributed by atoms with Gasteiger partial charge < -0.3 is 14.2 Å². The number of rotatable bonds is 12. The molecule has 3 heterocycles. The summed E-state index contributed by atoms with van der Waals surface area (Å²) in [5, 5.41) is 9.25. The van der Waals surface area contributed by atoms with E-state index in [1.165, 1.54) is 38.8 Å². The first-order valence-corrected chi connectivity index (χ1v) is 14.5. The average Bonchev–Trinajstić information content (AvgIpc) is 3.48. The number of benzene rings is 1. The van der Waals surface area contributed by atoms with E-state index >= 15 is 0 Å². The van der Waals surface area contributed by atoms with E-state index < -0.39 is 0 Å². The summed E-state index contributed by atoms with van der Waals surface area (Å²) in [6, 6.07) is 13.8. The third-order valence-electron chi connectivity index (χ3n) is 8.11. The van der Waals surface area contributed by atoms with Crippen molar-refractivity contribution in [1.29, 1.82) is 5.26 Å². The van der Waals surface area contributed by atoms with E-state index in [1.807, 2.05) is 42.6 Å². The van der Waals surface area contributed by atoms with Crippen LogP contribution in [0, 0.1) is 23.2 Å². The number of aromatic nitrogens is 2. The third-order valence-corrected chi connectivity index (χ3v) is 8.11. The van der Waals surface area contributed by atoms with Gasteiger partial charge in [0.05, 0.1) is 28.6 Å². The van der Waals surface area contributed by atoms with Gasteiger partial charge >= 0.3 is 0 Å². The Morgan fingerprint density at radius 3 is 2.55 bits per heavy atom. The van der Waals surface area contributed by atoms with E-state index in [-0.39, 0.29) is 5.91 Å². The van der Waals surface area contributed by atoms with Crippen LogP contribution in [0.3, 0.4) is 0 Å². The molecular formula is C32H41N5O. The van der Waals surface area contributed by atoms with Crippen molar-refractivity contribution in [3.8, 4) is 17.3 Å². The Bertz CT molecular complexity index is 1270. The van der Waals surface area contributed by atoms with Crippen molar-refractivity contribution in [2.24, 2.45) is 11.8 Å². The number of likely N-dealkylation sites (tertiary alicyclic amines) is 1. The summed E-state index contributed by atoms with van der Waals surface area (Å²) in [4.78, 5) is 23.4. The molecule has 0 radical (unpaired) electrons. The second kappa shape index (κ2) is 12.1. The van der Waals surface area contributed by atoms with Gasteiger partial charge in [0.2, 0.25) is 0 Å². The van der Waals surface area contributed by atoms with Gasteiger partial charge in [-0.2, -0.15) is 5.26 Å². The Morgan fingerprint density at radius 2 is 1.87 bits per heavy atom. The molecule has 0 bridgehead atoms. The van der Waals surface area contributed by atoms with Gasteiger partial charge in [0.25, 0.3) is 5.91 Å². The minimum absolute atomic E-state index is 0.129. The highest BCUT2D eigenvalue weighted by Gasteiger charge is 2.25. The highest BCUT2D eigenvalue weighted by atomic mass is 16.2. The summed E-state index contributed by atoms with van der Waals surface area (Å²) in [7, 11) is 0. The van der Waals surface area contributed by atoms with Gasteiger partial charge in [-0.05, 0) is 94.3 Å². The molecule has 0 spiro atoms. The number of amides is 1. The van der Waals surface area contributed by atoms with Crippen molar-refractivity contribution < 1.29 is 4.79 Å². The minimum Gasteiger partial charge on any atom is -0.339 e. The number of nitrogens with zero attached hydrogens (tertiary/aromatic N) is 5. The van der Waals surface area contributed by atoms with E-state index in [0.717, 1.165) is 79.4 Å². The van der Waals surface area contributed by atoms with E-state index in [0.29, 0.717) is 11.5 Å². The van der Waals surface area contributed by atoms with Gasteiger partial charge in [0.1, 0.15) is 5.65 Å². The Balaban J connectivity index is 1.44. The molecule has 0 N–H and O–H groups in total. The first kappa shape index (κ1) is 26.4. The molecule has 0 unspecified atom stereocenters. The molecule has 6 heteroatoms. The zero-order valence-corrected chi connectivity index (χ0v) is 23.0. The number of nitriles is 1. The first-order valence-electron chi connectivity index (χ1n) is 14.5. The number of carbonyl (C=O) groups excluding carboxylic acids is 1. The van der Waals surface area contributed by atoms with Crippen LogP contribution in [0.5, 0.6) is 0 Å². The predicted octanol–water partition coefficient (Wildman–Crippen LogP) is 6.19. The molecule has 1 saturated heterocycles. The van der Waals surface area contributed by atoms with Crippen LogP contribution in [-0.2, 0) is 6.42 Å². The molecule has 1 aliphatic heterocycles. The molecule has 1 aliphatic carbocycles. The number of imidazole rings is 1. The zero-order chi connectivity index (χ0) is 26.5. The van der Waals surface area contributed by atoms with Crippen molar-refractivity contribution in [3.05, 3.63) is 59.4 Å². The van der Waals surface area contributed by atoms with E-state index in [1.54, 1.807) is 0 Å². The molecule has 2 fully saturated rings. The summed E-state index contributed by atoms with van der Waals surface area (Å²) in [6.07, 6.45) is 11.3. The molecule has 200 valence electrons. The second-order valence-corrected chi connectivity index (χ2v) is 11.6. The van der Waals surface area contributed by atoms with Crippen LogP contribution in [0.4, 0.5) is 0 Å². The lowest BCUT2D eigenvalue weighted by molar-refractivity contribution is 0.0743. The van der Waals surface area contributed by atoms with Crippen LogP contribution in [0.15, 0.2) is 42.6 Å². The van der Waals surface area contributed by atoms with E-state index in [2.05, 4.69) is 34.1 Å². The quantitative estimate of drug-likeness (QED) is 0.291. The Morgan fingerprint density at radius 1 is 1.11 bits per heavy atom. The van der Waals surface area contributed by atoms with Gasteiger partial charge in [-0.1, -0.05) is 38.8 Å². The smallest absolute Gasteiger partial charge is 0.255 e. The van der Waals surface area contributed by atoms with E-state index in [9.17, 15) is 10.1 Å². The average molecular weight is 512 g/mol. The van der Waals surface area contributed by atoms with Gasteiger partial charge in [-0.15, -0.1) is 0 Å². The molecule has 0 atom stereocenters. The number of aryl methyl sites for hydroxylation is 1. The maximum absolute atomic E-state index is 13.7. The van der Waals surface area contributed by atoms with Crippen molar-refractivity contribution >= 4 is 11.6 Å². The molecule has 2 aromatic heterocycles. The molecule has 5 rings (SSSR count). The first-order chi connectivity index (χ1) is 18.5. The number of hydrogen-bond donors (Lipinski definition) is 0. The third kappa shape index (κ3) is 6.45. The number of fused-ring (bicyclic) bond motifs is 1. The van der Waals surface area contributed by atoms with Crippen LogP contribution < -0.4 is 0 Å². The second-order valence-electron chi connectivity index (χ2n) is 11.6. The van der Waals surface area contributed by atoms with Crippen LogP contribution in [0.2, 0.25) is 0 Å². The molecule has 1 amide bonds. The van der Waals surface area contributed by atoms with Gasteiger partial charge in [0, 0.05) is 24.8 Å². The lowest BCUT2D eigenvalue weighted by atomic mass is 10.1. The maximum Gasteiger partial charge on any atom is 0.255 e. The SMILES string of the molecule is CC(C)CCN(CCC1CC1)C(=O)c1ccc2nc(-c3ccc(C#N)cc3)c(CCCN3CCCC3)n2c1. The molecule has 3 aromatic rings. The zero-order valence-electron chi connectivity index (χ0n) is 23.0. The standard InChI is InChI=1S/C32H41N5O/c1-24(2)15-20-36(21-16-25-7-8-25)32(38)28-13-14-30-34-31(27-11-9-26(22-33)10-12-27)29(37(30)23-28)6-5-19-35-17-3-4-18-35/h9-14,23-25H,3-8,15-21H2,1-2H3. The monoisotopic (exact) mass is 511 g/mol. The molecule has 1 saturated carbocycles. The van der Waals surface area contributed by atoms with Gasteiger partial charge in [-0.25, -0.2) is 4.98 Å². The largest absolute Gasteiger partial charge is 0.339 e. The summed E-state index contributed by atoms with van der Waals surface area (Å²) in [5.41, 5.74) is 5.36. The number of pyridine rings is 1. The fourth-order valence-electron chi connectivity index (χ4n) is 5.53. The molecular weight excluding hydrogens is 470 g/mol. The normalized spacial score (nSPS) is 15.8. The summed E-state index contributed by atoms with van der Waals surface area (Å²) in [6.45, 7) is 9.58. The van der Waals surface area contributed by atoms with Crippen molar-refractivity contribution in [3.63, 3.8) is 0 Å². The highest BCUT2D eigenvalue weighted by molar-refractivity contribution is 5.94. The lowest BCUT2D eigenvalue weighted by Crippen LogP contribution is -2.34. The molecule has 2 aliphatic rings. The van der Waals surface area contributed by atoms with Crippen LogP contribution >= 0.6 is 0 Å². The highest BCUT2D eigenvalue weighted by Crippen LogP contribution is 2.33. The topological polar surface area (TPSA) is 64.6 Å². The minimum atomic E-state index is 0.129. The summed E-state index contributed by atoms with van der Waals surface area (Å²) >= 11 is 0. The maximum atomic E-state index is 13.7. The number of hydrogen-bond acceptors (Lipinski definition) is 4. The molecule has 1 aromatic carbocycles. The molecule has 6 nitrogen and oxygen atoms in total. The Hall–Kier alpha value is -3.17. The predicted molar refractivity (Wildman–Crippen MR) is 152 cm³/mol. The number of carbonyl (C=O) groups is 1. The molecule has 38 heavy (non-hydrogen) atoms. The lowest BCUT2D eigenvalue weighted by Gasteiger charge is -2.24.